The molecular weight excluding hydrogens is 250 g/mol. The molecular formula is C16H19N3O. The summed E-state index contributed by atoms with van der Waals surface area (Å²) in [5.74, 6) is 0.833. The minimum Gasteiger partial charge on any atom is -0.383 e. The van der Waals surface area contributed by atoms with Crippen LogP contribution in [0.15, 0.2) is 36.4 Å². The number of hydrogen-bond donors (Lipinski definition) is 1. The van der Waals surface area contributed by atoms with Crippen LogP contribution in [0.25, 0.3) is 0 Å². The van der Waals surface area contributed by atoms with Gasteiger partial charge in [0.1, 0.15) is 5.60 Å². The topological polar surface area (TPSA) is 49.2 Å². The lowest BCUT2D eigenvalue weighted by Crippen LogP contribution is -2.31. The summed E-state index contributed by atoms with van der Waals surface area (Å²) in [7, 11) is 0. The van der Waals surface area contributed by atoms with Gasteiger partial charge in [-0.05, 0) is 43.5 Å². The monoisotopic (exact) mass is 269 g/mol. The Kier molecular flexibility index (Phi) is 3.18. The van der Waals surface area contributed by atoms with Crippen molar-refractivity contribution in [2.75, 3.05) is 18.0 Å². The summed E-state index contributed by atoms with van der Waals surface area (Å²) in [6.45, 7) is 5.32. The molecule has 104 valence electrons. The summed E-state index contributed by atoms with van der Waals surface area (Å²) in [5.41, 5.74) is 2.26. The van der Waals surface area contributed by atoms with Gasteiger partial charge in [0, 0.05) is 6.54 Å². The van der Waals surface area contributed by atoms with Crippen molar-refractivity contribution in [2.24, 2.45) is 0 Å². The maximum Gasteiger partial charge on any atom is 0.151 e. The van der Waals surface area contributed by atoms with Gasteiger partial charge in [-0.15, -0.1) is 5.10 Å². The van der Waals surface area contributed by atoms with Crippen LogP contribution in [0.1, 0.15) is 23.2 Å². The lowest BCUT2D eigenvalue weighted by molar-refractivity contribution is 0.0600. The molecule has 1 saturated heterocycles. The fourth-order valence-electron chi connectivity index (χ4n) is 2.86. The zero-order valence-electron chi connectivity index (χ0n) is 11.9. The van der Waals surface area contributed by atoms with Crippen molar-refractivity contribution in [3.05, 3.63) is 53.2 Å². The second-order valence-electron chi connectivity index (χ2n) is 5.55. The molecule has 1 aromatic heterocycles. The summed E-state index contributed by atoms with van der Waals surface area (Å²) in [5, 5.41) is 19.2. The zero-order valence-corrected chi connectivity index (χ0v) is 11.9. The summed E-state index contributed by atoms with van der Waals surface area (Å²) in [6, 6.07) is 12.0. The molecule has 1 fully saturated rings. The lowest BCUT2D eigenvalue weighted by Gasteiger charge is -2.25. The Hall–Kier alpha value is -1.94. The zero-order chi connectivity index (χ0) is 14.2. The van der Waals surface area contributed by atoms with Crippen molar-refractivity contribution in [1.29, 1.82) is 0 Å². The molecule has 0 radical (unpaired) electrons. The molecule has 3 rings (SSSR count). The minimum absolute atomic E-state index is 0.565. The number of benzene rings is 1. The molecule has 0 aliphatic carbocycles. The van der Waals surface area contributed by atoms with Crippen LogP contribution in [0, 0.1) is 13.8 Å². The van der Waals surface area contributed by atoms with E-state index in [-0.39, 0.29) is 0 Å². The van der Waals surface area contributed by atoms with Crippen molar-refractivity contribution in [3.8, 4) is 0 Å². The highest BCUT2D eigenvalue weighted by Crippen LogP contribution is 2.35. The SMILES string of the molecule is Cc1ccc(N2CCC(O)(c3ccccc3C)C2)nn1. The third-order valence-electron chi connectivity index (χ3n) is 4.00. The molecule has 4 heteroatoms. The van der Waals surface area contributed by atoms with E-state index in [1.807, 2.05) is 50.2 Å². The van der Waals surface area contributed by atoms with Crippen molar-refractivity contribution in [3.63, 3.8) is 0 Å². The van der Waals surface area contributed by atoms with Gasteiger partial charge in [-0.25, -0.2) is 0 Å². The predicted octanol–water partition coefficient (Wildman–Crippen LogP) is 2.19. The summed E-state index contributed by atoms with van der Waals surface area (Å²) in [6.07, 6.45) is 0.716. The normalized spacial score (nSPS) is 22.2. The molecule has 1 atom stereocenters. The Morgan fingerprint density at radius 3 is 2.60 bits per heavy atom. The summed E-state index contributed by atoms with van der Waals surface area (Å²) >= 11 is 0. The smallest absolute Gasteiger partial charge is 0.151 e. The van der Waals surface area contributed by atoms with Gasteiger partial charge in [0.2, 0.25) is 0 Å². The van der Waals surface area contributed by atoms with E-state index in [1.165, 1.54) is 0 Å². The van der Waals surface area contributed by atoms with Crippen LogP contribution < -0.4 is 4.90 Å². The van der Waals surface area contributed by atoms with Gasteiger partial charge in [0.05, 0.1) is 12.2 Å². The Morgan fingerprint density at radius 2 is 1.90 bits per heavy atom. The Balaban J connectivity index is 1.86. The number of β-amino-alcohol motifs (C(OH)–C–C–N with tert-alkyl or cyclic N) is 1. The fourth-order valence-corrected chi connectivity index (χ4v) is 2.86. The second-order valence-corrected chi connectivity index (χ2v) is 5.55. The molecule has 1 N–H and O–H groups in total. The standard InChI is InChI=1S/C16H19N3O/c1-12-5-3-4-6-14(12)16(20)9-10-19(11-16)15-8-7-13(2)17-18-15/h3-8,20H,9-11H2,1-2H3. The van der Waals surface area contributed by atoms with E-state index < -0.39 is 5.60 Å². The first-order chi connectivity index (χ1) is 9.58. The van der Waals surface area contributed by atoms with E-state index in [0.29, 0.717) is 13.0 Å². The molecule has 2 aromatic rings. The number of rotatable bonds is 2. The maximum absolute atomic E-state index is 10.9. The Bertz CT molecular complexity index is 611. The van der Waals surface area contributed by atoms with Gasteiger partial charge >= 0.3 is 0 Å². The second kappa shape index (κ2) is 4.87. The lowest BCUT2D eigenvalue weighted by atomic mass is 9.89. The average Bonchev–Trinajstić information content (AvgIpc) is 2.84. The van der Waals surface area contributed by atoms with E-state index in [0.717, 1.165) is 29.2 Å². The van der Waals surface area contributed by atoms with Crippen LogP contribution >= 0.6 is 0 Å². The molecule has 1 aromatic carbocycles. The highest BCUT2D eigenvalue weighted by atomic mass is 16.3. The highest BCUT2D eigenvalue weighted by Gasteiger charge is 2.39. The third-order valence-corrected chi connectivity index (χ3v) is 4.00. The van der Waals surface area contributed by atoms with Crippen LogP contribution in [0.5, 0.6) is 0 Å². The maximum atomic E-state index is 10.9. The first-order valence-electron chi connectivity index (χ1n) is 6.92. The van der Waals surface area contributed by atoms with Crippen LogP contribution in [0.4, 0.5) is 5.82 Å². The molecule has 20 heavy (non-hydrogen) atoms. The number of anilines is 1. The molecule has 0 amide bonds. The third kappa shape index (κ3) is 2.27. The van der Waals surface area contributed by atoms with Crippen LogP contribution in [-0.4, -0.2) is 28.4 Å². The molecule has 1 aliphatic heterocycles. The van der Waals surface area contributed by atoms with Crippen LogP contribution in [0.3, 0.4) is 0 Å². The van der Waals surface area contributed by atoms with Crippen molar-refractivity contribution < 1.29 is 5.11 Å². The first kappa shape index (κ1) is 13.1. The van der Waals surface area contributed by atoms with Crippen molar-refractivity contribution >= 4 is 5.82 Å². The van der Waals surface area contributed by atoms with Crippen molar-refractivity contribution in [2.45, 2.75) is 25.9 Å². The quantitative estimate of drug-likeness (QED) is 0.908. The molecule has 0 saturated carbocycles. The van der Waals surface area contributed by atoms with Gasteiger partial charge in [0.15, 0.2) is 5.82 Å². The van der Waals surface area contributed by atoms with Crippen molar-refractivity contribution in [1.82, 2.24) is 10.2 Å². The molecule has 4 nitrogen and oxygen atoms in total. The summed E-state index contributed by atoms with van der Waals surface area (Å²) in [4.78, 5) is 2.10. The fraction of sp³-hybridized carbons (Fsp3) is 0.375. The first-order valence-corrected chi connectivity index (χ1v) is 6.92. The van der Waals surface area contributed by atoms with Crippen LogP contribution in [-0.2, 0) is 5.60 Å². The number of aryl methyl sites for hydroxylation is 2. The van der Waals surface area contributed by atoms with Gasteiger partial charge in [-0.1, -0.05) is 24.3 Å². The Morgan fingerprint density at radius 1 is 1.10 bits per heavy atom. The molecule has 2 heterocycles. The Labute approximate surface area is 119 Å². The number of hydrogen-bond acceptors (Lipinski definition) is 4. The molecule has 0 bridgehead atoms. The average molecular weight is 269 g/mol. The van der Waals surface area contributed by atoms with Gasteiger partial charge < -0.3 is 10.0 Å². The largest absolute Gasteiger partial charge is 0.383 e. The van der Waals surface area contributed by atoms with E-state index >= 15 is 0 Å². The molecule has 0 spiro atoms. The van der Waals surface area contributed by atoms with E-state index in [1.54, 1.807) is 0 Å². The molecule has 1 unspecified atom stereocenters. The number of nitrogens with zero attached hydrogens (tertiary/aromatic N) is 3. The highest BCUT2D eigenvalue weighted by molar-refractivity contribution is 5.43. The van der Waals surface area contributed by atoms with Gasteiger partial charge in [-0.2, -0.15) is 5.10 Å². The predicted molar refractivity (Wildman–Crippen MR) is 78.7 cm³/mol. The number of aliphatic hydroxyl groups is 1. The number of aromatic nitrogens is 2. The molecule has 1 aliphatic rings. The van der Waals surface area contributed by atoms with E-state index in [2.05, 4.69) is 15.1 Å². The van der Waals surface area contributed by atoms with Gasteiger partial charge in [-0.3, -0.25) is 0 Å². The minimum atomic E-state index is -0.794. The van der Waals surface area contributed by atoms with E-state index in [9.17, 15) is 5.11 Å². The van der Waals surface area contributed by atoms with Gasteiger partial charge in [0.25, 0.3) is 0 Å². The summed E-state index contributed by atoms with van der Waals surface area (Å²) < 4.78 is 0. The van der Waals surface area contributed by atoms with E-state index in [4.69, 9.17) is 0 Å². The van der Waals surface area contributed by atoms with Crippen LogP contribution in [0.2, 0.25) is 0 Å².